The van der Waals surface area contributed by atoms with E-state index in [1.165, 1.54) is 0 Å². The third kappa shape index (κ3) is 3.29. The molecule has 1 amide bonds. The predicted octanol–water partition coefficient (Wildman–Crippen LogP) is 3.10. The maximum Gasteiger partial charge on any atom is 0.270 e. The third-order valence-electron chi connectivity index (χ3n) is 5.54. The number of rotatable bonds is 4. The van der Waals surface area contributed by atoms with Crippen LogP contribution in [0, 0.1) is 0 Å². The van der Waals surface area contributed by atoms with Gasteiger partial charge in [-0.15, -0.1) is 0 Å². The van der Waals surface area contributed by atoms with Crippen molar-refractivity contribution in [1.29, 1.82) is 0 Å². The van der Waals surface area contributed by atoms with Gasteiger partial charge in [0.15, 0.2) is 0 Å². The number of imidazole rings is 1. The number of carbonyl (C=O) groups excluding carboxylic acids is 1. The number of nitrogens with one attached hydrogen (secondary N) is 2. The summed E-state index contributed by atoms with van der Waals surface area (Å²) < 4.78 is 0. The lowest BCUT2D eigenvalue weighted by atomic mass is 10.1. The highest BCUT2D eigenvalue weighted by Gasteiger charge is 2.31. The number of hydrogen-bond acceptors (Lipinski definition) is 4. The number of fused-ring (bicyclic) bond motifs is 2. The minimum Gasteiger partial charge on any atom is -0.340 e. The number of aromatic nitrogens is 4. The molecule has 1 fully saturated rings. The van der Waals surface area contributed by atoms with Crippen LogP contribution in [-0.2, 0) is 11.2 Å². The molecule has 1 atom stereocenters. The van der Waals surface area contributed by atoms with Crippen molar-refractivity contribution >= 4 is 28.0 Å². The van der Waals surface area contributed by atoms with Gasteiger partial charge >= 0.3 is 0 Å². The minimum atomic E-state index is -0.230. The van der Waals surface area contributed by atoms with Gasteiger partial charge in [0.1, 0.15) is 11.5 Å². The Morgan fingerprint density at radius 2 is 1.69 bits per heavy atom. The number of benzene rings is 2. The fourth-order valence-corrected chi connectivity index (χ4v) is 4.09. The average molecular weight is 387 g/mol. The molecule has 0 saturated carbocycles. The highest BCUT2D eigenvalue weighted by Crippen LogP contribution is 2.32. The number of amides is 1. The first-order chi connectivity index (χ1) is 14.2. The van der Waals surface area contributed by atoms with Crippen molar-refractivity contribution in [3.05, 3.63) is 70.4 Å². The number of aromatic amines is 2. The zero-order valence-corrected chi connectivity index (χ0v) is 15.9. The van der Waals surface area contributed by atoms with Crippen LogP contribution in [0.4, 0.5) is 0 Å². The Hall–Kier alpha value is -3.48. The number of likely N-dealkylation sites (tertiary alicyclic amines) is 1. The van der Waals surface area contributed by atoms with Gasteiger partial charge in [0.05, 0.1) is 28.1 Å². The van der Waals surface area contributed by atoms with E-state index in [1.807, 2.05) is 53.4 Å². The molecular weight excluding hydrogens is 366 g/mol. The first kappa shape index (κ1) is 17.6. The summed E-state index contributed by atoms with van der Waals surface area (Å²) in [5.74, 6) is 0.862. The van der Waals surface area contributed by atoms with E-state index in [0.29, 0.717) is 24.2 Å². The van der Waals surface area contributed by atoms with Crippen LogP contribution >= 0.6 is 0 Å². The zero-order chi connectivity index (χ0) is 19.8. The summed E-state index contributed by atoms with van der Waals surface area (Å²) in [6.45, 7) is 0.710. The highest BCUT2D eigenvalue weighted by atomic mass is 16.2. The molecule has 7 heteroatoms. The molecule has 2 aromatic carbocycles. The summed E-state index contributed by atoms with van der Waals surface area (Å²) in [5.41, 5.74) is 3.50. The van der Waals surface area contributed by atoms with E-state index in [4.69, 9.17) is 0 Å². The SMILES string of the molecule is O=C(CCc1nc2ccccc2[nH]c1=O)N1CCC[C@H]1c1nc2ccccc2[nH]1. The molecule has 0 radical (unpaired) electrons. The topological polar surface area (TPSA) is 94.7 Å². The summed E-state index contributed by atoms with van der Waals surface area (Å²) in [6.07, 6.45) is 2.41. The van der Waals surface area contributed by atoms with E-state index in [0.717, 1.165) is 35.2 Å². The van der Waals surface area contributed by atoms with Crippen molar-refractivity contribution in [2.45, 2.75) is 31.7 Å². The van der Waals surface area contributed by atoms with Crippen molar-refractivity contribution in [3.8, 4) is 0 Å². The largest absolute Gasteiger partial charge is 0.340 e. The second kappa shape index (κ2) is 7.16. The number of aryl methyl sites for hydroxylation is 1. The van der Waals surface area contributed by atoms with E-state index in [-0.39, 0.29) is 23.9 Å². The summed E-state index contributed by atoms with van der Waals surface area (Å²) >= 11 is 0. The molecule has 29 heavy (non-hydrogen) atoms. The van der Waals surface area contributed by atoms with Crippen LogP contribution in [0.15, 0.2) is 53.3 Å². The van der Waals surface area contributed by atoms with Crippen LogP contribution in [0.2, 0.25) is 0 Å². The Labute approximate surface area is 166 Å². The second-order valence-corrected chi connectivity index (χ2v) is 7.41. The quantitative estimate of drug-likeness (QED) is 0.563. The van der Waals surface area contributed by atoms with E-state index in [1.54, 1.807) is 0 Å². The van der Waals surface area contributed by atoms with Gasteiger partial charge in [0, 0.05) is 19.4 Å². The Morgan fingerprint density at radius 3 is 2.45 bits per heavy atom. The molecule has 1 saturated heterocycles. The number of nitrogens with zero attached hydrogens (tertiary/aromatic N) is 3. The van der Waals surface area contributed by atoms with Gasteiger partial charge in [-0.1, -0.05) is 24.3 Å². The van der Waals surface area contributed by atoms with Gasteiger partial charge in [0.25, 0.3) is 5.56 Å². The lowest BCUT2D eigenvalue weighted by molar-refractivity contribution is -0.132. The molecule has 1 aliphatic heterocycles. The molecular formula is C22H21N5O2. The Balaban J connectivity index is 1.33. The molecule has 4 aromatic rings. The average Bonchev–Trinajstić information content (AvgIpc) is 3.38. The van der Waals surface area contributed by atoms with Crippen molar-refractivity contribution in [1.82, 2.24) is 24.8 Å². The molecule has 146 valence electrons. The lowest BCUT2D eigenvalue weighted by Gasteiger charge is -2.23. The van der Waals surface area contributed by atoms with Crippen molar-refractivity contribution in [2.75, 3.05) is 6.54 Å². The Morgan fingerprint density at radius 1 is 1.00 bits per heavy atom. The molecule has 0 bridgehead atoms. The first-order valence-corrected chi connectivity index (χ1v) is 9.91. The predicted molar refractivity (Wildman–Crippen MR) is 110 cm³/mol. The number of H-pyrrole nitrogens is 2. The zero-order valence-electron chi connectivity index (χ0n) is 15.9. The first-order valence-electron chi connectivity index (χ1n) is 9.91. The molecule has 3 heterocycles. The Kier molecular flexibility index (Phi) is 4.35. The molecule has 0 spiro atoms. The molecule has 2 aromatic heterocycles. The number of carbonyl (C=O) groups is 1. The van der Waals surface area contributed by atoms with Gasteiger partial charge in [-0.25, -0.2) is 9.97 Å². The van der Waals surface area contributed by atoms with Crippen LogP contribution < -0.4 is 5.56 Å². The standard InChI is InChI=1S/C22H21N5O2/c28-20(12-11-18-22(29)26-17-9-4-1-6-14(17)23-18)27-13-5-10-19(27)21-24-15-7-2-3-8-16(15)25-21/h1-4,6-9,19H,5,10-13H2,(H,24,25)(H,26,29)/t19-/m0/s1. The maximum atomic E-state index is 12.9. The Bertz CT molecular complexity index is 1230. The molecule has 0 unspecified atom stereocenters. The summed E-state index contributed by atoms with van der Waals surface area (Å²) in [7, 11) is 0. The molecule has 1 aliphatic rings. The van der Waals surface area contributed by atoms with E-state index in [2.05, 4.69) is 19.9 Å². The monoisotopic (exact) mass is 387 g/mol. The van der Waals surface area contributed by atoms with Crippen LogP contribution in [0.3, 0.4) is 0 Å². The molecule has 2 N–H and O–H groups in total. The van der Waals surface area contributed by atoms with E-state index in [9.17, 15) is 9.59 Å². The molecule has 7 nitrogen and oxygen atoms in total. The number of hydrogen-bond donors (Lipinski definition) is 2. The summed E-state index contributed by atoms with van der Waals surface area (Å²) in [4.78, 5) is 42.4. The lowest BCUT2D eigenvalue weighted by Crippen LogP contribution is -2.31. The highest BCUT2D eigenvalue weighted by molar-refractivity contribution is 5.78. The third-order valence-corrected chi connectivity index (χ3v) is 5.54. The van der Waals surface area contributed by atoms with Gasteiger partial charge in [-0.2, -0.15) is 0 Å². The second-order valence-electron chi connectivity index (χ2n) is 7.41. The molecule has 0 aliphatic carbocycles. The van der Waals surface area contributed by atoms with E-state index >= 15 is 0 Å². The van der Waals surface area contributed by atoms with Gasteiger partial charge in [-0.3, -0.25) is 9.59 Å². The van der Waals surface area contributed by atoms with Crippen LogP contribution in [0.1, 0.15) is 36.8 Å². The van der Waals surface area contributed by atoms with Crippen molar-refractivity contribution in [3.63, 3.8) is 0 Å². The van der Waals surface area contributed by atoms with Crippen molar-refractivity contribution < 1.29 is 4.79 Å². The molecule has 5 rings (SSSR count). The summed E-state index contributed by atoms with van der Waals surface area (Å²) in [6, 6.07) is 15.3. The van der Waals surface area contributed by atoms with Crippen LogP contribution in [-0.4, -0.2) is 37.3 Å². The normalized spacial score (nSPS) is 16.7. The smallest absolute Gasteiger partial charge is 0.270 e. The van der Waals surface area contributed by atoms with Crippen LogP contribution in [0.5, 0.6) is 0 Å². The maximum absolute atomic E-state index is 12.9. The fourth-order valence-electron chi connectivity index (χ4n) is 4.09. The number of para-hydroxylation sites is 4. The van der Waals surface area contributed by atoms with Gasteiger partial charge in [-0.05, 0) is 37.1 Å². The minimum absolute atomic E-state index is 0.0299. The fraction of sp³-hybridized carbons (Fsp3) is 0.273. The van der Waals surface area contributed by atoms with Crippen LogP contribution in [0.25, 0.3) is 22.1 Å². The van der Waals surface area contributed by atoms with Crippen molar-refractivity contribution in [2.24, 2.45) is 0 Å². The summed E-state index contributed by atoms with van der Waals surface area (Å²) in [5, 5.41) is 0. The van der Waals surface area contributed by atoms with Gasteiger partial charge in [0.2, 0.25) is 5.91 Å². The van der Waals surface area contributed by atoms with E-state index < -0.39 is 0 Å². The van der Waals surface area contributed by atoms with Gasteiger partial charge < -0.3 is 14.9 Å².